The summed E-state index contributed by atoms with van der Waals surface area (Å²) in [6, 6.07) is 0. The molecule has 0 N–H and O–H groups in total. The third-order valence-corrected chi connectivity index (χ3v) is 2.46. The Balaban J connectivity index is 2.48. The summed E-state index contributed by atoms with van der Waals surface area (Å²) in [7, 11) is 0. The van der Waals surface area contributed by atoms with Crippen molar-refractivity contribution in [2.75, 3.05) is 19.7 Å². The van der Waals surface area contributed by atoms with Crippen LogP contribution in [0, 0.1) is 0 Å². The molecule has 3 heteroatoms. The molecule has 1 unspecified atom stereocenters. The second-order valence-corrected chi connectivity index (χ2v) is 3.45. The number of nitrogens with zero attached hydrogens (tertiary/aromatic N) is 1. The van der Waals surface area contributed by atoms with Crippen LogP contribution in [0.4, 0.5) is 0 Å². The number of carbonyl (C=O) groups is 1. The van der Waals surface area contributed by atoms with Gasteiger partial charge in [-0.3, -0.25) is 4.79 Å². The first-order valence-corrected chi connectivity index (χ1v) is 5.17. The van der Waals surface area contributed by atoms with Crippen molar-refractivity contribution < 1.29 is 9.53 Å². The zero-order valence-electron chi connectivity index (χ0n) is 8.58. The van der Waals surface area contributed by atoms with Crippen LogP contribution in [0.3, 0.4) is 0 Å². The molecule has 0 aromatic carbocycles. The number of ether oxygens (including phenoxy) is 1. The molecule has 3 nitrogen and oxygen atoms in total. The highest BCUT2D eigenvalue weighted by Gasteiger charge is 2.19. The lowest BCUT2D eigenvalue weighted by molar-refractivity contribution is -0.131. The molecule has 1 atom stereocenters. The second kappa shape index (κ2) is 5.22. The highest BCUT2D eigenvalue weighted by atomic mass is 16.5. The lowest BCUT2D eigenvalue weighted by Gasteiger charge is -2.22. The first-order chi connectivity index (χ1) is 6.27. The lowest BCUT2D eigenvalue weighted by atomic mass is 10.2. The first kappa shape index (κ1) is 10.5. The summed E-state index contributed by atoms with van der Waals surface area (Å²) >= 11 is 0. The Morgan fingerprint density at radius 1 is 1.54 bits per heavy atom. The minimum absolute atomic E-state index is 0.248. The van der Waals surface area contributed by atoms with E-state index in [1.165, 1.54) is 0 Å². The SMILES string of the molecule is CCC(=O)N1CCCOC(CC)C1. The van der Waals surface area contributed by atoms with E-state index >= 15 is 0 Å². The zero-order valence-corrected chi connectivity index (χ0v) is 8.58. The van der Waals surface area contributed by atoms with Gasteiger partial charge in [0.25, 0.3) is 0 Å². The number of rotatable bonds is 2. The number of hydrogen-bond donors (Lipinski definition) is 0. The fourth-order valence-electron chi connectivity index (χ4n) is 1.59. The van der Waals surface area contributed by atoms with Crippen molar-refractivity contribution in [2.45, 2.75) is 39.2 Å². The van der Waals surface area contributed by atoms with Crippen LogP contribution in [0.2, 0.25) is 0 Å². The van der Waals surface area contributed by atoms with E-state index in [1.54, 1.807) is 0 Å². The summed E-state index contributed by atoms with van der Waals surface area (Å²) in [5.41, 5.74) is 0. The second-order valence-electron chi connectivity index (χ2n) is 3.45. The van der Waals surface area contributed by atoms with Crippen LogP contribution >= 0.6 is 0 Å². The minimum Gasteiger partial charge on any atom is -0.376 e. The van der Waals surface area contributed by atoms with Gasteiger partial charge in [0.1, 0.15) is 0 Å². The normalized spacial score (nSPS) is 24.2. The molecular weight excluding hydrogens is 166 g/mol. The summed E-state index contributed by atoms with van der Waals surface area (Å²) in [6.45, 7) is 6.46. The molecule has 0 aliphatic carbocycles. The molecule has 1 amide bonds. The molecule has 76 valence electrons. The van der Waals surface area contributed by atoms with Crippen molar-refractivity contribution in [3.8, 4) is 0 Å². The van der Waals surface area contributed by atoms with E-state index in [0.29, 0.717) is 6.42 Å². The van der Waals surface area contributed by atoms with Crippen molar-refractivity contribution in [2.24, 2.45) is 0 Å². The van der Waals surface area contributed by atoms with Crippen LogP contribution in [0.1, 0.15) is 33.1 Å². The molecule has 1 rings (SSSR count). The quantitative estimate of drug-likeness (QED) is 0.651. The van der Waals surface area contributed by atoms with Crippen molar-refractivity contribution in [1.82, 2.24) is 4.90 Å². The number of hydrogen-bond acceptors (Lipinski definition) is 2. The fraction of sp³-hybridized carbons (Fsp3) is 0.900. The van der Waals surface area contributed by atoms with Crippen LogP contribution in [0.5, 0.6) is 0 Å². The van der Waals surface area contributed by atoms with Gasteiger partial charge in [-0.15, -0.1) is 0 Å². The van der Waals surface area contributed by atoms with E-state index in [9.17, 15) is 4.79 Å². The monoisotopic (exact) mass is 185 g/mol. The van der Waals surface area contributed by atoms with Gasteiger partial charge in [0.15, 0.2) is 0 Å². The average molecular weight is 185 g/mol. The Morgan fingerprint density at radius 2 is 2.31 bits per heavy atom. The molecule has 0 spiro atoms. The molecule has 1 aliphatic rings. The molecule has 0 bridgehead atoms. The maximum atomic E-state index is 11.5. The van der Waals surface area contributed by atoms with Gasteiger partial charge in [-0.25, -0.2) is 0 Å². The third-order valence-electron chi connectivity index (χ3n) is 2.46. The predicted molar refractivity (Wildman–Crippen MR) is 51.5 cm³/mol. The van der Waals surface area contributed by atoms with Gasteiger partial charge in [-0.2, -0.15) is 0 Å². The summed E-state index contributed by atoms with van der Waals surface area (Å²) in [5.74, 6) is 0.254. The highest BCUT2D eigenvalue weighted by Crippen LogP contribution is 2.09. The maximum Gasteiger partial charge on any atom is 0.222 e. The van der Waals surface area contributed by atoms with Crippen molar-refractivity contribution >= 4 is 5.91 Å². The van der Waals surface area contributed by atoms with Gasteiger partial charge in [0.05, 0.1) is 6.10 Å². The van der Waals surface area contributed by atoms with Crippen LogP contribution in [-0.4, -0.2) is 36.6 Å². The first-order valence-electron chi connectivity index (χ1n) is 5.17. The standard InChI is InChI=1S/C10H19NO2/c1-3-9-8-11(10(12)4-2)6-5-7-13-9/h9H,3-8H2,1-2H3. The molecule has 0 radical (unpaired) electrons. The largest absolute Gasteiger partial charge is 0.376 e. The van der Waals surface area contributed by atoms with Crippen molar-refractivity contribution in [1.29, 1.82) is 0 Å². The summed E-state index contributed by atoms with van der Waals surface area (Å²) in [4.78, 5) is 13.4. The average Bonchev–Trinajstić information content (AvgIpc) is 2.41. The minimum atomic E-state index is 0.248. The van der Waals surface area contributed by atoms with Gasteiger partial charge in [-0.05, 0) is 12.8 Å². The predicted octanol–water partition coefficient (Wildman–Crippen LogP) is 1.42. The topological polar surface area (TPSA) is 29.5 Å². The van der Waals surface area contributed by atoms with Gasteiger partial charge >= 0.3 is 0 Å². The molecule has 0 aromatic rings. The molecule has 1 saturated heterocycles. The molecule has 1 heterocycles. The highest BCUT2D eigenvalue weighted by molar-refractivity contribution is 5.75. The fourth-order valence-corrected chi connectivity index (χ4v) is 1.59. The van der Waals surface area contributed by atoms with E-state index in [1.807, 2.05) is 11.8 Å². The Labute approximate surface area is 80.1 Å². The van der Waals surface area contributed by atoms with Crippen LogP contribution in [-0.2, 0) is 9.53 Å². The summed E-state index contributed by atoms with van der Waals surface area (Å²) in [5, 5.41) is 0. The molecular formula is C10H19NO2. The van der Waals surface area contributed by atoms with Gasteiger partial charge in [-0.1, -0.05) is 13.8 Å². The van der Waals surface area contributed by atoms with Crippen LogP contribution in [0.25, 0.3) is 0 Å². The van der Waals surface area contributed by atoms with Crippen LogP contribution in [0.15, 0.2) is 0 Å². The van der Waals surface area contributed by atoms with E-state index in [0.717, 1.165) is 32.5 Å². The smallest absolute Gasteiger partial charge is 0.222 e. The summed E-state index contributed by atoms with van der Waals surface area (Å²) < 4.78 is 5.58. The van der Waals surface area contributed by atoms with E-state index in [-0.39, 0.29) is 12.0 Å². The van der Waals surface area contributed by atoms with E-state index in [2.05, 4.69) is 6.92 Å². The maximum absolute atomic E-state index is 11.5. The Bertz CT molecular complexity index is 170. The van der Waals surface area contributed by atoms with Gasteiger partial charge < -0.3 is 9.64 Å². The summed E-state index contributed by atoms with van der Waals surface area (Å²) in [6.07, 6.45) is 2.82. The van der Waals surface area contributed by atoms with Gasteiger partial charge in [0.2, 0.25) is 5.91 Å². The molecule has 0 saturated carbocycles. The molecule has 1 fully saturated rings. The van der Waals surface area contributed by atoms with Gasteiger partial charge in [0, 0.05) is 26.1 Å². The zero-order chi connectivity index (χ0) is 9.68. The number of amides is 1. The van der Waals surface area contributed by atoms with Crippen molar-refractivity contribution in [3.63, 3.8) is 0 Å². The molecule has 13 heavy (non-hydrogen) atoms. The molecule has 1 aliphatic heterocycles. The van der Waals surface area contributed by atoms with E-state index in [4.69, 9.17) is 4.74 Å². The lowest BCUT2D eigenvalue weighted by Crippen LogP contribution is -2.36. The van der Waals surface area contributed by atoms with E-state index < -0.39 is 0 Å². The van der Waals surface area contributed by atoms with Crippen molar-refractivity contribution in [3.05, 3.63) is 0 Å². The third kappa shape index (κ3) is 2.99. The number of carbonyl (C=O) groups excluding carboxylic acids is 1. The molecule has 0 aromatic heterocycles. The van der Waals surface area contributed by atoms with Crippen LogP contribution < -0.4 is 0 Å². The Hall–Kier alpha value is -0.570. The Kier molecular flexibility index (Phi) is 4.22. The Morgan fingerprint density at radius 3 is 2.92 bits per heavy atom.